The molecule has 2 unspecified atom stereocenters. The molecule has 3 N–H and O–H groups in total. The first-order valence-electron chi connectivity index (χ1n) is 29.7. The van der Waals surface area contributed by atoms with Crippen LogP contribution in [0, 0.1) is 0 Å². The minimum Gasteiger partial charge on any atom is -0.462 e. The van der Waals surface area contributed by atoms with E-state index in [0.29, 0.717) is 6.42 Å². The highest BCUT2D eigenvalue weighted by Gasteiger charge is 2.26. The molecule has 0 saturated carbocycles. The van der Waals surface area contributed by atoms with E-state index in [4.69, 9.17) is 24.3 Å². The van der Waals surface area contributed by atoms with Crippen LogP contribution >= 0.6 is 7.82 Å². The number of hydrogen-bond donors (Lipinski definition) is 2. The van der Waals surface area contributed by atoms with E-state index in [-0.39, 0.29) is 38.6 Å². The number of carbonyl (C=O) groups excluding carboxylic acids is 2. The molecular formula is C63H110NO8P. The Balaban J connectivity index is 3.97. The van der Waals surface area contributed by atoms with E-state index >= 15 is 0 Å². The maximum absolute atomic E-state index is 12.7. The molecule has 0 radical (unpaired) electrons. The molecule has 2 atom stereocenters. The first-order chi connectivity index (χ1) is 35.8. The van der Waals surface area contributed by atoms with Gasteiger partial charge in [-0.3, -0.25) is 18.6 Å². The summed E-state index contributed by atoms with van der Waals surface area (Å²) < 4.78 is 33.0. The molecule has 0 bridgehead atoms. The van der Waals surface area contributed by atoms with Crippen molar-refractivity contribution in [3.8, 4) is 0 Å². The van der Waals surface area contributed by atoms with Gasteiger partial charge in [-0.2, -0.15) is 0 Å². The van der Waals surface area contributed by atoms with Crippen LogP contribution in [0.15, 0.2) is 97.2 Å². The topological polar surface area (TPSA) is 134 Å². The minimum absolute atomic E-state index is 0.0458. The fourth-order valence-corrected chi connectivity index (χ4v) is 8.85. The predicted molar refractivity (Wildman–Crippen MR) is 312 cm³/mol. The van der Waals surface area contributed by atoms with Crippen LogP contribution in [0.1, 0.15) is 258 Å². The Bertz CT molecular complexity index is 1510. The highest BCUT2D eigenvalue weighted by Crippen LogP contribution is 2.43. The van der Waals surface area contributed by atoms with Crippen molar-refractivity contribution in [2.75, 3.05) is 26.4 Å². The molecule has 0 amide bonds. The van der Waals surface area contributed by atoms with E-state index < -0.39 is 26.5 Å². The Morgan fingerprint density at radius 3 is 1.12 bits per heavy atom. The number of unbranched alkanes of at least 4 members (excludes halogenated alkanes) is 26. The zero-order chi connectivity index (χ0) is 53.1. The summed E-state index contributed by atoms with van der Waals surface area (Å²) >= 11 is 0. The Hall–Kier alpha value is -3.07. The molecule has 10 heteroatoms. The van der Waals surface area contributed by atoms with Gasteiger partial charge in [0.15, 0.2) is 6.10 Å². The standard InChI is InChI=1S/C63H110NO8P/c1-3-5-7-9-11-13-15-17-19-21-23-25-26-27-28-29-30-31-32-33-34-36-37-39-41-43-45-47-49-51-53-55-62(65)69-59-61(60-71-73(67,68)70-58-57-64)72-63(66)56-54-52-50-48-46-44-42-40-38-35-24-22-20-18-16-14-12-10-8-6-4-2/h6,8,12,14-15,17-18,20-21,23-24,26-27,35,40,42,61H,3-5,7,9-11,13,16,19,22,25,28-34,36-39,41,43-60,64H2,1-2H3,(H,67,68)/b8-6-,14-12-,17-15-,20-18-,23-21-,27-26-,35-24-,42-40-. The summed E-state index contributed by atoms with van der Waals surface area (Å²) in [6, 6.07) is 0. The summed E-state index contributed by atoms with van der Waals surface area (Å²) in [7, 11) is -4.40. The number of allylic oxidation sites excluding steroid dienone is 16. The summed E-state index contributed by atoms with van der Waals surface area (Å²) in [6.45, 7) is 3.60. The van der Waals surface area contributed by atoms with Crippen LogP contribution in [0.4, 0.5) is 0 Å². The zero-order valence-electron chi connectivity index (χ0n) is 46.8. The smallest absolute Gasteiger partial charge is 0.462 e. The fourth-order valence-electron chi connectivity index (χ4n) is 8.08. The van der Waals surface area contributed by atoms with Gasteiger partial charge >= 0.3 is 19.8 Å². The second-order valence-electron chi connectivity index (χ2n) is 19.5. The SMILES string of the molecule is CC/C=C\C/C=C\C/C=C\C/C=C\C/C=C\CCCCCCCC(=O)OC(COC(=O)CCCCCCCCCCCCCCCCCC/C=C\C/C=C\C/C=C\CCCCCCC)COP(=O)(O)OCCN. The highest BCUT2D eigenvalue weighted by atomic mass is 31.2. The number of nitrogens with two attached hydrogens (primary N) is 1. The maximum atomic E-state index is 12.7. The molecule has 0 rings (SSSR count). The third-order valence-corrected chi connectivity index (χ3v) is 13.4. The van der Waals surface area contributed by atoms with Gasteiger partial charge < -0.3 is 20.1 Å². The molecule has 420 valence electrons. The quantitative estimate of drug-likeness (QED) is 0.0264. The monoisotopic (exact) mass is 1040 g/mol. The number of hydrogen-bond acceptors (Lipinski definition) is 8. The van der Waals surface area contributed by atoms with Crippen LogP contribution in [-0.2, 0) is 32.7 Å². The third-order valence-electron chi connectivity index (χ3n) is 12.5. The van der Waals surface area contributed by atoms with Crippen LogP contribution in [-0.4, -0.2) is 49.3 Å². The van der Waals surface area contributed by atoms with E-state index in [1.165, 1.54) is 128 Å². The number of esters is 2. The average molecular weight is 1040 g/mol. The van der Waals surface area contributed by atoms with Crippen LogP contribution in [0.3, 0.4) is 0 Å². The molecule has 0 aromatic carbocycles. The Labute approximate surface area is 448 Å². The molecule has 9 nitrogen and oxygen atoms in total. The van der Waals surface area contributed by atoms with Crippen molar-refractivity contribution in [2.24, 2.45) is 5.73 Å². The van der Waals surface area contributed by atoms with Crippen molar-refractivity contribution in [3.63, 3.8) is 0 Å². The lowest BCUT2D eigenvalue weighted by Crippen LogP contribution is -2.29. The number of phosphoric ester groups is 1. The number of phosphoric acid groups is 1. The van der Waals surface area contributed by atoms with Gasteiger partial charge in [-0.05, 0) is 96.3 Å². The summed E-state index contributed by atoms with van der Waals surface area (Å²) in [4.78, 5) is 35.2. The maximum Gasteiger partial charge on any atom is 0.472 e. The van der Waals surface area contributed by atoms with Gasteiger partial charge in [0.2, 0.25) is 0 Å². The third kappa shape index (κ3) is 58.1. The minimum atomic E-state index is -4.40. The lowest BCUT2D eigenvalue weighted by molar-refractivity contribution is -0.161. The van der Waals surface area contributed by atoms with Crippen molar-refractivity contribution in [1.29, 1.82) is 0 Å². The van der Waals surface area contributed by atoms with E-state index in [0.717, 1.165) is 96.3 Å². The molecular weight excluding hydrogens is 930 g/mol. The van der Waals surface area contributed by atoms with Crippen molar-refractivity contribution >= 4 is 19.8 Å². The number of carbonyl (C=O) groups is 2. The van der Waals surface area contributed by atoms with Crippen molar-refractivity contribution < 1.29 is 37.6 Å². The van der Waals surface area contributed by atoms with Gasteiger partial charge in [-0.1, -0.05) is 246 Å². The lowest BCUT2D eigenvalue weighted by atomic mass is 10.0. The molecule has 0 aliphatic rings. The van der Waals surface area contributed by atoms with Gasteiger partial charge in [0.05, 0.1) is 13.2 Å². The van der Waals surface area contributed by atoms with Gasteiger partial charge in [0.1, 0.15) is 6.61 Å². The normalized spacial score (nSPS) is 13.8. The molecule has 0 aliphatic carbocycles. The molecule has 0 aromatic heterocycles. The summed E-state index contributed by atoms with van der Waals surface area (Å²) in [6.07, 6.45) is 77.5. The van der Waals surface area contributed by atoms with Gasteiger partial charge in [0, 0.05) is 19.4 Å². The van der Waals surface area contributed by atoms with E-state index in [2.05, 4.69) is 111 Å². The first-order valence-corrected chi connectivity index (χ1v) is 31.2. The summed E-state index contributed by atoms with van der Waals surface area (Å²) in [5.41, 5.74) is 5.38. The van der Waals surface area contributed by atoms with Crippen molar-refractivity contribution in [3.05, 3.63) is 97.2 Å². The van der Waals surface area contributed by atoms with Crippen molar-refractivity contribution in [2.45, 2.75) is 264 Å². The molecule has 0 saturated heterocycles. The fraction of sp³-hybridized carbons (Fsp3) is 0.714. The lowest BCUT2D eigenvalue weighted by Gasteiger charge is -2.19. The molecule has 0 spiro atoms. The molecule has 0 aliphatic heterocycles. The van der Waals surface area contributed by atoms with Crippen LogP contribution in [0.5, 0.6) is 0 Å². The van der Waals surface area contributed by atoms with Crippen LogP contribution in [0.2, 0.25) is 0 Å². The van der Waals surface area contributed by atoms with E-state index in [9.17, 15) is 19.0 Å². The Kier molecular flexibility index (Phi) is 55.7. The highest BCUT2D eigenvalue weighted by molar-refractivity contribution is 7.47. The zero-order valence-corrected chi connectivity index (χ0v) is 47.7. The molecule has 0 heterocycles. The van der Waals surface area contributed by atoms with Crippen molar-refractivity contribution in [1.82, 2.24) is 0 Å². The Morgan fingerprint density at radius 2 is 0.753 bits per heavy atom. The van der Waals surface area contributed by atoms with Gasteiger partial charge in [-0.15, -0.1) is 0 Å². The first kappa shape index (κ1) is 69.9. The molecule has 0 aromatic rings. The largest absolute Gasteiger partial charge is 0.472 e. The van der Waals surface area contributed by atoms with E-state index in [1.807, 2.05) is 0 Å². The second kappa shape index (κ2) is 58.2. The number of ether oxygens (including phenoxy) is 2. The number of rotatable bonds is 55. The van der Waals surface area contributed by atoms with Gasteiger partial charge in [0.25, 0.3) is 0 Å². The summed E-state index contributed by atoms with van der Waals surface area (Å²) in [5, 5.41) is 0. The Morgan fingerprint density at radius 1 is 0.425 bits per heavy atom. The van der Waals surface area contributed by atoms with E-state index in [1.54, 1.807) is 0 Å². The van der Waals surface area contributed by atoms with Crippen LogP contribution in [0.25, 0.3) is 0 Å². The van der Waals surface area contributed by atoms with Crippen LogP contribution < -0.4 is 5.73 Å². The molecule has 73 heavy (non-hydrogen) atoms. The van der Waals surface area contributed by atoms with Gasteiger partial charge in [-0.25, -0.2) is 4.57 Å². The molecule has 0 fully saturated rings. The second-order valence-corrected chi connectivity index (χ2v) is 20.9. The summed E-state index contributed by atoms with van der Waals surface area (Å²) in [5.74, 6) is -0.849. The predicted octanol–water partition coefficient (Wildman–Crippen LogP) is 18.8. The average Bonchev–Trinajstić information content (AvgIpc) is 3.38.